The third-order valence-corrected chi connectivity index (χ3v) is 4.72. The van der Waals surface area contributed by atoms with Crippen LogP contribution < -0.4 is 0 Å². The summed E-state index contributed by atoms with van der Waals surface area (Å²) in [5.74, 6) is -0.0889. The van der Waals surface area contributed by atoms with E-state index in [0.717, 1.165) is 0 Å². The van der Waals surface area contributed by atoms with Crippen molar-refractivity contribution in [3.05, 3.63) is 35.9 Å². The minimum atomic E-state index is -0.872. The first-order chi connectivity index (χ1) is 11.0. The average Bonchev–Trinajstić information content (AvgIpc) is 3.03. The van der Waals surface area contributed by atoms with Crippen LogP contribution in [0.2, 0.25) is 0 Å². The molecule has 1 N–H and O–H groups in total. The van der Waals surface area contributed by atoms with Gasteiger partial charge in [-0.05, 0) is 18.6 Å². The van der Waals surface area contributed by atoms with E-state index in [1.807, 2.05) is 6.07 Å². The summed E-state index contributed by atoms with van der Waals surface area (Å²) in [4.78, 5) is 38.7. The first-order valence-electron chi connectivity index (χ1n) is 7.41. The van der Waals surface area contributed by atoms with E-state index in [9.17, 15) is 14.4 Å². The topological polar surface area (TPSA) is 77.9 Å². The van der Waals surface area contributed by atoms with Gasteiger partial charge in [0.1, 0.15) is 6.04 Å². The molecule has 2 amide bonds. The second kappa shape index (κ2) is 8.01. The van der Waals surface area contributed by atoms with Crippen molar-refractivity contribution in [1.29, 1.82) is 0 Å². The molecule has 0 aromatic heterocycles. The SMILES string of the molecule is CN(CCCC(=O)O)C(=O)C1CSCN1C(=O)c1ccccc1. The van der Waals surface area contributed by atoms with E-state index in [1.54, 1.807) is 48.0 Å². The number of amides is 2. The maximum Gasteiger partial charge on any atom is 0.303 e. The third kappa shape index (κ3) is 4.48. The van der Waals surface area contributed by atoms with Crippen LogP contribution in [-0.2, 0) is 9.59 Å². The number of aliphatic carboxylic acids is 1. The summed E-state index contributed by atoms with van der Waals surface area (Å²) in [7, 11) is 1.65. The first kappa shape index (κ1) is 17.3. The highest BCUT2D eigenvalue weighted by Gasteiger charge is 2.36. The van der Waals surface area contributed by atoms with Gasteiger partial charge in [0, 0.05) is 31.3 Å². The molecule has 1 saturated heterocycles. The maximum atomic E-state index is 12.6. The number of thioether (sulfide) groups is 1. The number of carbonyl (C=O) groups is 3. The Bertz CT molecular complexity index is 579. The van der Waals surface area contributed by atoms with E-state index in [-0.39, 0.29) is 18.2 Å². The highest BCUT2D eigenvalue weighted by molar-refractivity contribution is 7.99. The van der Waals surface area contributed by atoms with Crippen LogP contribution >= 0.6 is 11.8 Å². The molecule has 2 rings (SSSR count). The predicted molar refractivity (Wildman–Crippen MR) is 88.2 cm³/mol. The molecule has 0 spiro atoms. The second-order valence-corrected chi connectivity index (χ2v) is 6.41. The van der Waals surface area contributed by atoms with E-state index in [4.69, 9.17) is 5.11 Å². The van der Waals surface area contributed by atoms with Crippen LogP contribution in [0.25, 0.3) is 0 Å². The number of likely N-dealkylation sites (N-methyl/N-ethyl adjacent to an activating group) is 1. The van der Waals surface area contributed by atoms with Gasteiger partial charge in [0.05, 0.1) is 5.88 Å². The normalized spacial score (nSPS) is 17.1. The number of hydrogen-bond donors (Lipinski definition) is 1. The molecular formula is C16H20N2O4S. The molecule has 1 atom stereocenters. The molecule has 1 aliphatic rings. The molecule has 0 bridgehead atoms. The van der Waals surface area contributed by atoms with E-state index >= 15 is 0 Å². The van der Waals surface area contributed by atoms with Crippen LogP contribution in [0.5, 0.6) is 0 Å². The van der Waals surface area contributed by atoms with Crippen LogP contribution in [0.15, 0.2) is 30.3 Å². The lowest BCUT2D eigenvalue weighted by Gasteiger charge is -2.27. The fourth-order valence-corrected chi connectivity index (χ4v) is 3.57. The van der Waals surface area contributed by atoms with Crippen molar-refractivity contribution in [3.63, 3.8) is 0 Å². The van der Waals surface area contributed by atoms with Crippen LogP contribution in [0.4, 0.5) is 0 Å². The minimum absolute atomic E-state index is 0.0314. The molecule has 1 unspecified atom stereocenters. The molecule has 23 heavy (non-hydrogen) atoms. The Kier molecular flexibility index (Phi) is 6.04. The Morgan fingerprint density at radius 3 is 2.65 bits per heavy atom. The smallest absolute Gasteiger partial charge is 0.303 e. The van der Waals surface area contributed by atoms with Crippen molar-refractivity contribution in [1.82, 2.24) is 9.80 Å². The molecule has 6 nitrogen and oxygen atoms in total. The molecular weight excluding hydrogens is 316 g/mol. The van der Waals surface area contributed by atoms with Gasteiger partial charge in [-0.1, -0.05) is 18.2 Å². The summed E-state index contributed by atoms with van der Waals surface area (Å²) >= 11 is 1.55. The number of rotatable bonds is 6. The Hall–Kier alpha value is -2.02. The zero-order chi connectivity index (χ0) is 16.8. The van der Waals surface area contributed by atoms with E-state index in [1.165, 1.54) is 4.90 Å². The van der Waals surface area contributed by atoms with Gasteiger partial charge in [0.25, 0.3) is 5.91 Å². The number of carbonyl (C=O) groups excluding carboxylic acids is 2. The van der Waals surface area contributed by atoms with Crippen molar-refractivity contribution >= 4 is 29.5 Å². The number of hydrogen-bond acceptors (Lipinski definition) is 4. The fraction of sp³-hybridized carbons (Fsp3) is 0.438. The van der Waals surface area contributed by atoms with Gasteiger partial charge < -0.3 is 14.9 Å². The highest BCUT2D eigenvalue weighted by atomic mass is 32.2. The van der Waals surface area contributed by atoms with Crippen molar-refractivity contribution in [2.75, 3.05) is 25.2 Å². The number of benzene rings is 1. The Labute approximate surface area is 139 Å². The fourth-order valence-electron chi connectivity index (χ4n) is 2.43. The molecule has 1 heterocycles. The quantitative estimate of drug-likeness (QED) is 0.852. The highest BCUT2D eigenvalue weighted by Crippen LogP contribution is 2.24. The lowest BCUT2D eigenvalue weighted by Crippen LogP contribution is -2.48. The van der Waals surface area contributed by atoms with Gasteiger partial charge in [0.15, 0.2) is 0 Å². The number of nitrogens with zero attached hydrogens (tertiary/aromatic N) is 2. The average molecular weight is 336 g/mol. The summed E-state index contributed by atoms with van der Waals surface area (Å²) < 4.78 is 0. The van der Waals surface area contributed by atoms with Crippen molar-refractivity contribution in [3.8, 4) is 0 Å². The minimum Gasteiger partial charge on any atom is -0.481 e. The van der Waals surface area contributed by atoms with Crippen LogP contribution in [0.3, 0.4) is 0 Å². The van der Waals surface area contributed by atoms with Crippen LogP contribution in [0, 0.1) is 0 Å². The number of carboxylic acid groups (broad SMARTS) is 1. The largest absolute Gasteiger partial charge is 0.481 e. The standard InChI is InChI=1S/C16H20N2O4S/c1-17(9-5-8-14(19)20)16(22)13-10-23-11-18(13)15(21)12-6-3-2-4-7-12/h2-4,6-7,13H,5,8-11H2,1H3,(H,19,20). The monoisotopic (exact) mass is 336 g/mol. The molecule has 124 valence electrons. The van der Waals surface area contributed by atoms with Gasteiger partial charge in [-0.2, -0.15) is 0 Å². The van der Waals surface area contributed by atoms with Gasteiger partial charge in [0.2, 0.25) is 5.91 Å². The zero-order valence-electron chi connectivity index (χ0n) is 13.0. The van der Waals surface area contributed by atoms with E-state index in [0.29, 0.717) is 30.2 Å². The summed E-state index contributed by atoms with van der Waals surface area (Å²) in [5.41, 5.74) is 0.571. The van der Waals surface area contributed by atoms with Crippen molar-refractivity contribution in [2.24, 2.45) is 0 Å². The molecule has 7 heteroatoms. The predicted octanol–water partition coefficient (Wildman–Crippen LogP) is 1.52. The molecule has 0 aliphatic carbocycles. The molecule has 1 aromatic rings. The molecule has 0 radical (unpaired) electrons. The maximum absolute atomic E-state index is 12.6. The molecule has 0 saturated carbocycles. The van der Waals surface area contributed by atoms with Gasteiger partial charge in [-0.3, -0.25) is 14.4 Å². The first-order valence-corrected chi connectivity index (χ1v) is 8.56. The summed E-state index contributed by atoms with van der Waals surface area (Å²) in [5, 5.41) is 8.66. The van der Waals surface area contributed by atoms with Gasteiger partial charge in [-0.25, -0.2) is 0 Å². The summed E-state index contributed by atoms with van der Waals surface area (Å²) in [6, 6.07) is 8.43. The molecule has 1 fully saturated rings. The molecule has 1 aromatic carbocycles. The second-order valence-electron chi connectivity index (χ2n) is 5.41. The van der Waals surface area contributed by atoms with Gasteiger partial charge in [-0.15, -0.1) is 11.8 Å². The van der Waals surface area contributed by atoms with Gasteiger partial charge >= 0.3 is 5.97 Å². The van der Waals surface area contributed by atoms with Crippen molar-refractivity contribution in [2.45, 2.75) is 18.9 Å². The molecule has 1 aliphatic heterocycles. The Balaban J connectivity index is 1.99. The summed E-state index contributed by atoms with van der Waals surface area (Å²) in [6.45, 7) is 0.375. The lowest BCUT2D eigenvalue weighted by molar-refractivity contribution is -0.138. The lowest BCUT2D eigenvalue weighted by atomic mass is 10.1. The Morgan fingerprint density at radius 2 is 2.00 bits per heavy atom. The van der Waals surface area contributed by atoms with E-state index < -0.39 is 12.0 Å². The van der Waals surface area contributed by atoms with Crippen LogP contribution in [-0.4, -0.2) is 64.0 Å². The van der Waals surface area contributed by atoms with Crippen LogP contribution in [0.1, 0.15) is 23.2 Å². The zero-order valence-corrected chi connectivity index (χ0v) is 13.8. The van der Waals surface area contributed by atoms with Crippen molar-refractivity contribution < 1.29 is 19.5 Å². The Morgan fingerprint density at radius 1 is 1.30 bits per heavy atom. The van der Waals surface area contributed by atoms with E-state index in [2.05, 4.69) is 0 Å². The summed E-state index contributed by atoms with van der Waals surface area (Å²) in [6.07, 6.45) is 0.438. The third-order valence-electron chi connectivity index (χ3n) is 3.71. The number of carboxylic acids is 1.